The third-order valence-electron chi connectivity index (χ3n) is 8.53. The number of hydrogen-bond donors (Lipinski definition) is 2. The van der Waals surface area contributed by atoms with Crippen molar-refractivity contribution in [3.8, 4) is 5.75 Å². The van der Waals surface area contributed by atoms with E-state index in [1.165, 1.54) is 166 Å². The fourth-order valence-electron chi connectivity index (χ4n) is 6.00. The largest absolute Gasteiger partial charge is 0.424 e. The number of hydrogen-bond acceptors (Lipinski definition) is 2. The van der Waals surface area contributed by atoms with E-state index in [0.717, 1.165) is 24.8 Å². The van der Waals surface area contributed by atoms with Crippen molar-refractivity contribution in [2.75, 3.05) is 0 Å². The quantitative estimate of drug-likeness (QED) is 0.0672. The average Bonchev–Trinajstić information content (AvgIpc) is 2.94. The van der Waals surface area contributed by atoms with Gasteiger partial charge in [-0.15, -0.1) is 0 Å². The lowest BCUT2D eigenvalue weighted by atomic mass is 9.95. The van der Waals surface area contributed by atoms with Crippen LogP contribution < -0.4 is 4.52 Å². The van der Waals surface area contributed by atoms with E-state index < -0.39 is 6.72 Å². The van der Waals surface area contributed by atoms with Gasteiger partial charge < -0.3 is 14.3 Å². The molecule has 0 radical (unpaired) electrons. The average molecular weight is 611 g/mol. The van der Waals surface area contributed by atoms with Gasteiger partial charge in [-0.25, -0.2) is 0 Å². The maximum absolute atomic E-state index is 9.83. The third kappa shape index (κ3) is 23.7. The van der Waals surface area contributed by atoms with Gasteiger partial charge in [-0.2, -0.15) is 0 Å². The minimum Gasteiger partial charge on any atom is -0.424 e. The summed E-state index contributed by atoms with van der Waals surface area (Å²) in [5, 5.41) is 0. The topological polar surface area (TPSA) is 49.7 Å². The molecule has 0 aliphatic heterocycles. The molecule has 0 heterocycles. The van der Waals surface area contributed by atoms with Crippen molar-refractivity contribution in [1.29, 1.82) is 0 Å². The van der Waals surface area contributed by atoms with Gasteiger partial charge >= 0.3 is 6.72 Å². The molecule has 240 valence electrons. The second-order valence-electron chi connectivity index (χ2n) is 12.5. The molecule has 0 saturated carbocycles. The highest BCUT2D eigenvalue weighted by atomic mass is 32.5. The maximum Gasteiger partial charge on any atom is 0.375 e. The molecular weight excluding hydrogens is 543 g/mol. The van der Waals surface area contributed by atoms with E-state index in [2.05, 4.69) is 19.9 Å². The standard InChI is InChI=1S/C36H67O3PS/c1-3-5-7-9-11-13-15-17-19-21-23-25-27-30-34-31-29-33-36(39-40(37,38)41)35(34)32-28-26-24-22-20-18-16-14-12-10-8-6-4-2/h29,31,33H,3-28,30,32H2,1-2H3,(H2,37,38,41). The zero-order chi connectivity index (χ0) is 29.9. The Morgan fingerprint density at radius 1 is 0.512 bits per heavy atom. The van der Waals surface area contributed by atoms with E-state index >= 15 is 0 Å². The minimum atomic E-state index is -3.73. The van der Waals surface area contributed by atoms with Crippen LogP contribution >= 0.6 is 6.72 Å². The van der Waals surface area contributed by atoms with Crippen molar-refractivity contribution in [2.24, 2.45) is 0 Å². The number of rotatable bonds is 30. The van der Waals surface area contributed by atoms with Crippen LogP contribution in [0.3, 0.4) is 0 Å². The third-order valence-corrected chi connectivity index (χ3v) is 9.19. The molecule has 0 fully saturated rings. The molecule has 1 aromatic carbocycles. The fraction of sp³-hybridized carbons (Fsp3) is 0.833. The molecule has 0 spiro atoms. The summed E-state index contributed by atoms with van der Waals surface area (Å²) in [6.45, 7) is 0.831. The van der Waals surface area contributed by atoms with Crippen molar-refractivity contribution in [1.82, 2.24) is 0 Å². The first-order chi connectivity index (χ1) is 20.0. The van der Waals surface area contributed by atoms with Crippen molar-refractivity contribution in [2.45, 2.75) is 194 Å². The number of aryl methyl sites for hydroxylation is 1. The summed E-state index contributed by atoms with van der Waals surface area (Å²) >= 11 is 4.81. The smallest absolute Gasteiger partial charge is 0.375 e. The first-order valence-electron chi connectivity index (χ1n) is 17.8. The molecule has 0 aliphatic carbocycles. The predicted molar refractivity (Wildman–Crippen MR) is 185 cm³/mol. The van der Waals surface area contributed by atoms with Crippen LogP contribution in [0.4, 0.5) is 0 Å². The van der Waals surface area contributed by atoms with E-state index in [9.17, 15) is 9.79 Å². The lowest BCUT2D eigenvalue weighted by Gasteiger charge is -2.17. The molecule has 0 saturated heterocycles. The monoisotopic (exact) mass is 610 g/mol. The first-order valence-corrected chi connectivity index (χ1v) is 20.5. The molecule has 0 aliphatic rings. The van der Waals surface area contributed by atoms with Crippen LogP contribution in [-0.4, -0.2) is 9.79 Å². The van der Waals surface area contributed by atoms with Crippen LogP contribution in [0.5, 0.6) is 5.75 Å². The van der Waals surface area contributed by atoms with Gasteiger partial charge in [-0.05, 0) is 42.9 Å². The maximum atomic E-state index is 9.83. The molecular formula is C36H67O3PS. The molecule has 0 atom stereocenters. The molecule has 1 aromatic rings. The van der Waals surface area contributed by atoms with Crippen LogP contribution in [0, 0.1) is 0 Å². The lowest BCUT2D eigenvalue weighted by molar-refractivity contribution is 0.368. The van der Waals surface area contributed by atoms with E-state index in [1.807, 2.05) is 12.1 Å². The highest BCUT2D eigenvalue weighted by Crippen LogP contribution is 2.41. The van der Waals surface area contributed by atoms with E-state index in [0.29, 0.717) is 5.75 Å². The molecule has 2 N–H and O–H groups in total. The Morgan fingerprint density at radius 3 is 1.22 bits per heavy atom. The zero-order valence-electron chi connectivity index (χ0n) is 27.2. The number of benzene rings is 1. The molecule has 0 unspecified atom stereocenters. The molecule has 1 rings (SSSR count). The molecule has 0 amide bonds. The minimum absolute atomic E-state index is 0.587. The van der Waals surface area contributed by atoms with E-state index in [1.54, 1.807) is 0 Å². The van der Waals surface area contributed by atoms with Crippen molar-refractivity contribution in [3.05, 3.63) is 29.3 Å². The summed E-state index contributed by atoms with van der Waals surface area (Å²) in [5.74, 6) is 0.587. The second-order valence-corrected chi connectivity index (χ2v) is 15.1. The summed E-state index contributed by atoms with van der Waals surface area (Å²) in [6, 6.07) is 6.03. The van der Waals surface area contributed by atoms with Gasteiger partial charge in [0.1, 0.15) is 5.75 Å². The lowest BCUT2D eigenvalue weighted by Crippen LogP contribution is -2.01. The molecule has 0 aromatic heterocycles. The van der Waals surface area contributed by atoms with Gasteiger partial charge in [0.2, 0.25) is 0 Å². The van der Waals surface area contributed by atoms with Gasteiger partial charge in [-0.1, -0.05) is 180 Å². The van der Waals surface area contributed by atoms with Gasteiger partial charge in [-0.3, -0.25) is 0 Å². The fourth-order valence-corrected chi connectivity index (χ4v) is 6.66. The highest BCUT2D eigenvalue weighted by Gasteiger charge is 2.16. The van der Waals surface area contributed by atoms with Crippen LogP contribution in [0.1, 0.15) is 192 Å². The zero-order valence-corrected chi connectivity index (χ0v) is 28.9. The normalized spacial score (nSPS) is 11.8. The summed E-state index contributed by atoms with van der Waals surface area (Å²) in [5.41, 5.74) is 2.44. The van der Waals surface area contributed by atoms with Gasteiger partial charge in [0.05, 0.1) is 0 Å². The Bertz CT molecular complexity index is 763. The summed E-state index contributed by atoms with van der Waals surface area (Å²) in [7, 11) is 0. The Hall–Kier alpha value is -0.410. The SMILES string of the molecule is CCCCCCCCCCCCCCCc1cccc(OP(O)(O)=S)c1CCCCCCCCCCCCCCC. The van der Waals surface area contributed by atoms with Crippen LogP contribution in [0.15, 0.2) is 18.2 Å². The number of unbranched alkanes of at least 4 members (excludes halogenated alkanes) is 24. The summed E-state index contributed by atoms with van der Waals surface area (Å²) in [6.07, 6.45) is 37.1. The van der Waals surface area contributed by atoms with Crippen LogP contribution in [0.25, 0.3) is 0 Å². The highest BCUT2D eigenvalue weighted by molar-refractivity contribution is 8.06. The van der Waals surface area contributed by atoms with Crippen LogP contribution in [0.2, 0.25) is 0 Å². The van der Waals surface area contributed by atoms with Crippen molar-refractivity contribution in [3.63, 3.8) is 0 Å². The first kappa shape index (κ1) is 38.6. The Morgan fingerprint density at radius 2 is 0.854 bits per heavy atom. The summed E-state index contributed by atoms with van der Waals surface area (Å²) < 4.78 is 5.49. The van der Waals surface area contributed by atoms with Gasteiger partial charge in [0.15, 0.2) is 0 Å². The van der Waals surface area contributed by atoms with Gasteiger partial charge in [0.25, 0.3) is 0 Å². The van der Waals surface area contributed by atoms with Gasteiger partial charge in [0, 0.05) is 11.8 Å². The Kier molecular flexibility index (Phi) is 25.6. The van der Waals surface area contributed by atoms with E-state index in [4.69, 9.17) is 16.3 Å². The predicted octanol–water partition coefficient (Wildman–Crippen LogP) is 12.5. The molecule has 5 heteroatoms. The summed E-state index contributed by atoms with van der Waals surface area (Å²) in [4.78, 5) is 19.7. The van der Waals surface area contributed by atoms with Crippen molar-refractivity contribution >= 4 is 18.5 Å². The van der Waals surface area contributed by atoms with E-state index in [-0.39, 0.29) is 0 Å². The Balaban J connectivity index is 2.27. The molecule has 0 bridgehead atoms. The second kappa shape index (κ2) is 27.2. The Labute approximate surface area is 260 Å². The van der Waals surface area contributed by atoms with Crippen LogP contribution in [-0.2, 0) is 24.6 Å². The molecule has 41 heavy (non-hydrogen) atoms. The molecule has 3 nitrogen and oxygen atoms in total. The van der Waals surface area contributed by atoms with Crippen molar-refractivity contribution < 1.29 is 14.3 Å².